The van der Waals surface area contributed by atoms with Crippen molar-refractivity contribution in [3.63, 3.8) is 0 Å². The van der Waals surface area contributed by atoms with Crippen LogP contribution in [0.4, 0.5) is 5.69 Å². The Balaban J connectivity index is 2.10. The molecule has 0 spiro atoms. The molecule has 0 saturated heterocycles. The number of nitrogens with two attached hydrogens (primary N) is 1. The lowest BCUT2D eigenvalue weighted by Gasteiger charge is -2.10. The first-order valence-electron chi connectivity index (χ1n) is 5.08. The topological polar surface area (TPSA) is 35.2 Å². The van der Waals surface area contributed by atoms with E-state index in [4.69, 9.17) is 22.1 Å². The summed E-state index contributed by atoms with van der Waals surface area (Å²) in [5.74, 6) is 0.748. The Bertz CT molecular complexity index is 531. The Morgan fingerprint density at radius 3 is 2.65 bits per heavy atom. The van der Waals surface area contributed by atoms with Crippen LogP contribution in [0, 0.1) is 0 Å². The normalized spacial score (nSPS) is 10.2. The van der Waals surface area contributed by atoms with E-state index in [1.807, 2.05) is 30.3 Å². The van der Waals surface area contributed by atoms with Crippen LogP contribution >= 0.6 is 27.5 Å². The second-order valence-corrected chi connectivity index (χ2v) is 4.85. The summed E-state index contributed by atoms with van der Waals surface area (Å²) >= 11 is 9.25. The van der Waals surface area contributed by atoms with Crippen LogP contribution in [-0.4, -0.2) is 0 Å². The molecule has 17 heavy (non-hydrogen) atoms. The van der Waals surface area contributed by atoms with Gasteiger partial charge in [-0.1, -0.05) is 29.8 Å². The maximum Gasteiger partial charge on any atom is 0.134 e. The largest absolute Gasteiger partial charge is 0.488 e. The number of hydrogen-bond acceptors (Lipinski definition) is 2. The highest BCUT2D eigenvalue weighted by atomic mass is 79.9. The Morgan fingerprint density at radius 2 is 1.94 bits per heavy atom. The van der Waals surface area contributed by atoms with Crippen molar-refractivity contribution in [3.05, 3.63) is 57.5 Å². The summed E-state index contributed by atoms with van der Waals surface area (Å²) < 4.78 is 6.51. The molecule has 0 aliphatic heterocycles. The number of rotatable bonds is 3. The van der Waals surface area contributed by atoms with Gasteiger partial charge in [-0.05, 0) is 40.2 Å². The number of halogens is 2. The van der Waals surface area contributed by atoms with E-state index in [0.29, 0.717) is 11.6 Å². The zero-order valence-electron chi connectivity index (χ0n) is 8.99. The lowest BCUT2D eigenvalue weighted by atomic mass is 10.2. The number of benzene rings is 2. The molecule has 2 rings (SSSR count). The molecule has 0 aromatic heterocycles. The standard InChI is InChI=1S/C13H11BrClNO/c14-11-7-10(15)5-6-13(11)17-8-9-3-1-2-4-12(9)16/h1-7H,8,16H2. The fourth-order valence-corrected chi connectivity index (χ4v) is 2.21. The molecule has 2 nitrogen and oxygen atoms in total. The predicted octanol–water partition coefficient (Wildman–Crippen LogP) is 4.26. The molecular weight excluding hydrogens is 302 g/mol. The van der Waals surface area contributed by atoms with Crippen LogP contribution < -0.4 is 10.5 Å². The Morgan fingerprint density at radius 1 is 1.18 bits per heavy atom. The maximum atomic E-state index is 5.85. The molecule has 0 amide bonds. The van der Waals surface area contributed by atoms with Gasteiger partial charge in [0.15, 0.2) is 0 Å². The molecule has 0 saturated carbocycles. The summed E-state index contributed by atoms with van der Waals surface area (Å²) in [6, 6.07) is 13.0. The minimum atomic E-state index is 0.437. The minimum absolute atomic E-state index is 0.437. The van der Waals surface area contributed by atoms with Crippen LogP contribution in [0.15, 0.2) is 46.9 Å². The molecule has 2 N–H and O–H groups in total. The SMILES string of the molecule is Nc1ccccc1COc1ccc(Cl)cc1Br. The van der Waals surface area contributed by atoms with E-state index in [0.717, 1.165) is 21.5 Å². The Kier molecular flexibility index (Phi) is 3.92. The predicted molar refractivity (Wildman–Crippen MR) is 74.3 cm³/mol. The van der Waals surface area contributed by atoms with Gasteiger partial charge in [-0.15, -0.1) is 0 Å². The highest BCUT2D eigenvalue weighted by Crippen LogP contribution is 2.29. The Hall–Kier alpha value is -1.19. The molecule has 4 heteroatoms. The summed E-state index contributed by atoms with van der Waals surface area (Å²) in [7, 11) is 0. The van der Waals surface area contributed by atoms with Crippen molar-refractivity contribution < 1.29 is 4.74 Å². The number of hydrogen-bond donors (Lipinski definition) is 1. The molecule has 2 aromatic carbocycles. The molecule has 0 unspecified atom stereocenters. The van der Waals surface area contributed by atoms with Crippen LogP contribution in [0.3, 0.4) is 0 Å². The van der Waals surface area contributed by atoms with Gasteiger partial charge in [-0.3, -0.25) is 0 Å². The molecular formula is C13H11BrClNO. The average Bonchev–Trinajstić information content (AvgIpc) is 2.30. The van der Waals surface area contributed by atoms with Crippen LogP contribution in [0.2, 0.25) is 5.02 Å². The van der Waals surface area contributed by atoms with Crippen molar-refractivity contribution >= 4 is 33.2 Å². The third-order valence-corrected chi connectivity index (χ3v) is 3.19. The summed E-state index contributed by atoms with van der Waals surface area (Å²) in [5, 5.41) is 0.670. The van der Waals surface area contributed by atoms with Gasteiger partial charge in [0.25, 0.3) is 0 Å². The van der Waals surface area contributed by atoms with E-state index in [1.54, 1.807) is 12.1 Å². The lowest BCUT2D eigenvalue weighted by molar-refractivity contribution is 0.305. The summed E-state index contributed by atoms with van der Waals surface area (Å²) in [6.07, 6.45) is 0. The maximum absolute atomic E-state index is 5.85. The smallest absolute Gasteiger partial charge is 0.134 e. The van der Waals surface area contributed by atoms with Gasteiger partial charge in [-0.25, -0.2) is 0 Å². The van der Waals surface area contributed by atoms with E-state index in [2.05, 4.69) is 15.9 Å². The quantitative estimate of drug-likeness (QED) is 0.859. The monoisotopic (exact) mass is 311 g/mol. The number of para-hydroxylation sites is 1. The van der Waals surface area contributed by atoms with Crippen molar-refractivity contribution in [2.75, 3.05) is 5.73 Å². The van der Waals surface area contributed by atoms with E-state index in [1.165, 1.54) is 0 Å². The molecule has 2 aromatic rings. The van der Waals surface area contributed by atoms with Crippen LogP contribution in [0.5, 0.6) is 5.75 Å². The molecule has 0 heterocycles. The first-order valence-corrected chi connectivity index (χ1v) is 6.25. The van der Waals surface area contributed by atoms with Gasteiger partial charge in [0.05, 0.1) is 4.47 Å². The first-order chi connectivity index (χ1) is 8.16. The summed E-state index contributed by atoms with van der Waals surface area (Å²) in [6.45, 7) is 0.437. The van der Waals surface area contributed by atoms with Gasteiger partial charge >= 0.3 is 0 Å². The Labute approximate surface area is 113 Å². The number of nitrogen functional groups attached to an aromatic ring is 1. The minimum Gasteiger partial charge on any atom is -0.488 e. The van der Waals surface area contributed by atoms with Crippen molar-refractivity contribution in [2.45, 2.75) is 6.61 Å². The van der Waals surface area contributed by atoms with Gasteiger partial charge < -0.3 is 10.5 Å². The first kappa shape index (κ1) is 12.3. The molecule has 0 aliphatic rings. The third-order valence-electron chi connectivity index (χ3n) is 2.33. The van der Waals surface area contributed by atoms with E-state index in [-0.39, 0.29) is 0 Å². The zero-order chi connectivity index (χ0) is 12.3. The fraction of sp³-hybridized carbons (Fsp3) is 0.0769. The molecule has 0 atom stereocenters. The van der Waals surface area contributed by atoms with Gasteiger partial charge in [0.1, 0.15) is 12.4 Å². The highest BCUT2D eigenvalue weighted by molar-refractivity contribution is 9.10. The molecule has 0 aliphatic carbocycles. The van der Waals surface area contributed by atoms with Gasteiger partial charge in [0, 0.05) is 16.3 Å². The number of anilines is 1. The molecule has 0 radical (unpaired) electrons. The second-order valence-electron chi connectivity index (χ2n) is 3.56. The molecule has 88 valence electrons. The van der Waals surface area contributed by atoms with E-state index in [9.17, 15) is 0 Å². The van der Waals surface area contributed by atoms with Crippen molar-refractivity contribution in [1.29, 1.82) is 0 Å². The average molecular weight is 313 g/mol. The zero-order valence-corrected chi connectivity index (χ0v) is 11.3. The van der Waals surface area contributed by atoms with Crippen LogP contribution in [-0.2, 0) is 6.61 Å². The summed E-state index contributed by atoms with van der Waals surface area (Å²) in [5.41, 5.74) is 7.53. The van der Waals surface area contributed by atoms with Crippen LogP contribution in [0.25, 0.3) is 0 Å². The molecule has 0 fully saturated rings. The van der Waals surface area contributed by atoms with Crippen molar-refractivity contribution in [2.24, 2.45) is 0 Å². The number of ether oxygens (including phenoxy) is 1. The third kappa shape index (κ3) is 3.14. The highest BCUT2D eigenvalue weighted by Gasteiger charge is 2.03. The fourth-order valence-electron chi connectivity index (χ4n) is 1.41. The van der Waals surface area contributed by atoms with Crippen molar-refractivity contribution in [1.82, 2.24) is 0 Å². The lowest BCUT2D eigenvalue weighted by Crippen LogP contribution is -2.00. The van der Waals surface area contributed by atoms with Crippen molar-refractivity contribution in [3.8, 4) is 5.75 Å². The van der Waals surface area contributed by atoms with E-state index < -0.39 is 0 Å². The second kappa shape index (κ2) is 5.43. The van der Waals surface area contributed by atoms with E-state index >= 15 is 0 Å². The van der Waals surface area contributed by atoms with Gasteiger partial charge in [-0.2, -0.15) is 0 Å². The summed E-state index contributed by atoms with van der Waals surface area (Å²) in [4.78, 5) is 0. The van der Waals surface area contributed by atoms with Gasteiger partial charge in [0.2, 0.25) is 0 Å². The molecule has 0 bridgehead atoms. The van der Waals surface area contributed by atoms with Crippen LogP contribution in [0.1, 0.15) is 5.56 Å².